The van der Waals surface area contributed by atoms with Gasteiger partial charge in [0.25, 0.3) is 25.8 Å². The highest BCUT2D eigenvalue weighted by molar-refractivity contribution is 6.99. The van der Waals surface area contributed by atoms with Crippen molar-refractivity contribution < 1.29 is 49.3 Å². The number of nitro benzene ring substituents is 1. The fourth-order valence-electron chi connectivity index (χ4n) is 6.22. The van der Waals surface area contributed by atoms with Gasteiger partial charge >= 0.3 is 11.9 Å². The van der Waals surface area contributed by atoms with Gasteiger partial charge in [-0.3, -0.25) is 29.4 Å². The molecule has 1 fully saturated rings. The number of hydroxylamine groups is 2. The SMILES string of the molecule is [2H]OCc1cc(OCCCN(CCOC(=O)CCC(=O)ON2C(=O)CCC2=O)CCO[Si](c2ccccc2)(c2ccccc2)C(C)(C)C)ccc1[N+](=O)[O-].[3H]C. The molecule has 292 valence electrons. The summed E-state index contributed by atoms with van der Waals surface area (Å²) in [5.41, 5.74) is 0.0626. The molecule has 1 saturated heterocycles. The van der Waals surface area contributed by atoms with Gasteiger partial charge in [0.15, 0.2) is 0 Å². The molecule has 0 saturated carbocycles. The fourth-order valence-corrected chi connectivity index (χ4v) is 10.8. The molecule has 2 amide bonds. The average Bonchev–Trinajstić information content (AvgIpc) is 3.50. The lowest BCUT2D eigenvalue weighted by atomic mass is 10.2. The summed E-state index contributed by atoms with van der Waals surface area (Å²) in [7, 11) is -1.56. The topological polar surface area (TPSA) is 175 Å². The Morgan fingerprint density at radius 2 is 1.52 bits per heavy atom. The number of benzene rings is 3. The van der Waals surface area contributed by atoms with Crippen LogP contribution in [0.15, 0.2) is 78.9 Å². The highest BCUT2D eigenvalue weighted by atomic mass is 28.4. The summed E-state index contributed by atoms with van der Waals surface area (Å²) in [6, 6.07) is 24.8. The average molecular weight is 769 g/mol. The number of imide groups is 1. The molecule has 15 heteroatoms. The summed E-state index contributed by atoms with van der Waals surface area (Å²) in [6.07, 6.45) is -0.155. The molecule has 0 atom stereocenters. The molecule has 3 aromatic rings. The summed E-state index contributed by atoms with van der Waals surface area (Å²) < 4.78 is 31.2. The van der Waals surface area contributed by atoms with Gasteiger partial charge in [0.1, 0.15) is 12.4 Å². The highest BCUT2D eigenvalue weighted by Gasteiger charge is 2.50. The van der Waals surface area contributed by atoms with Gasteiger partial charge in [-0.15, -0.1) is 5.06 Å². The molecule has 0 aromatic heterocycles. The van der Waals surface area contributed by atoms with E-state index in [0.29, 0.717) is 43.5 Å². The molecule has 1 aliphatic heterocycles. The van der Waals surface area contributed by atoms with E-state index in [1.807, 2.05) is 36.4 Å². The van der Waals surface area contributed by atoms with E-state index in [1.165, 1.54) is 25.6 Å². The second kappa shape index (κ2) is 20.5. The number of nitrogens with zero attached hydrogens (tertiary/aromatic N) is 3. The molecule has 14 nitrogen and oxygen atoms in total. The van der Waals surface area contributed by atoms with E-state index in [1.54, 1.807) is 0 Å². The van der Waals surface area contributed by atoms with Crippen molar-refractivity contribution in [2.75, 3.05) is 39.5 Å². The van der Waals surface area contributed by atoms with Crippen molar-refractivity contribution in [3.63, 3.8) is 0 Å². The zero-order chi connectivity index (χ0) is 41.1. The first kappa shape index (κ1) is 40.2. The van der Waals surface area contributed by atoms with Crippen LogP contribution in [0.4, 0.5) is 5.69 Å². The van der Waals surface area contributed by atoms with Crippen LogP contribution in [0.3, 0.4) is 0 Å². The van der Waals surface area contributed by atoms with E-state index in [4.69, 9.17) is 21.5 Å². The van der Waals surface area contributed by atoms with Crippen LogP contribution in [0.25, 0.3) is 0 Å². The number of aliphatic hydroxyl groups excluding tert-OH is 1. The Bertz CT molecular complexity index is 1690. The molecule has 1 aliphatic rings. The quantitative estimate of drug-likeness (QED) is 0.0407. The molecule has 0 radical (unpaired) electrons. The van der Waals surface area contributed by atoms with Crippen molar-refractivity contribution in [3.8, 4) is 5.75 Å². The number of ether oxygens (including phenoxy) is 2. The summed E-state index contributed by atoms with van der Waals surface area (Å²) in [5.74, 6) is -2.32. The van der Waals surface area contributed by atoms with Gasteiger partial charge in [-0.25, -0.2) is 4.79 Å². The number of nitro groups is 1. The van der Waals surface area contributed by atoms with Crippen molar-refractivity contribution in [2.45, 2.75) is 71.9 Å². The van der Waals surface area contributed by atoms with Crippen LogP contribution in [0.2, 0.25) is 5.04 Å². The Morgan fingerprint density at radius 1 is 0.926 bits per heavy atom. The molecule has 4 rings (SSSR count). The molecule has 0 aliphatic carbocycles. The predicted octanol–water partition coefficient (Wildman–Crippen LogP) is 4.30. The first-order valence-electron chi connectivity index (χ1n) is 18.9. The summed E-state index contributed by atoms with van der Waals surface area (Å²) >= 11 is 0. The number of carbonyl (C=O) groups excluding carboxylic acids is 4. The molecule has 0 bridgehead atoms. The Balaban J connectivity index is 0.00000414. The van der Waals surface area contributed by atoms with E-state index in [2.05, 4.69) is 55.0 Å². The number of carbonyl (C=O) groups is 4. The highest BCUT2D eigenvalue weighted by Crippen LogP contribution is 2.36. The lowest BCUT2D eigenvalue weighted by Gasteiger charge is -2.43. The maximum atomic E-state index is 12.5. The lowest BCUT2D eigenvalue weighted by Crippen LogP contribution is -2.67. The smallest absolute Gasteiger partial charge is 0.333 e. The number of aliphatic hydroxyl groups is 1. The van der Waals surface area contributed by atoms with Crippen molar-refractivity contribution in [1.29, 1.82) is 1.43 Å². The summed E-state index contributed by atoms with van der Waals surface area (Å²) in [4.78, 5) is 65.8. The maximum Gasteiger partial charge on any atom is 0.333 e. The minimum absolute atomic E-state index is 0.0237. The molecule has 54 heavy (non-hydrogen) atoms. The summed E-state index contributed by atoms with van der Waals surface area (Å²) in [6.45, 7) is 8.38. The molecule has 3 aromatic carbocycles. The Kier molecular flexibility index (Phi) is 15.3. The number of hydrogen-bond donors (Lipinski definition) is 1. The Morgan fingerprint density at radius 3 is 2.09 bits per heavy atom. The zero-order valence-corrected chi connectivity index (χ0v) is 32.3. The molecule has 0 spiro atoms. The third-order valence-electron chi connectivity index (χ3n) is 8.84. The van der Waals surface area contributed by atoms with Gasteiger partial charge in [0, 0.05) is 46.5 Å². The first-order valence-corrected chi connectivity index (χ1v) is 19.4. The van der Waals surface area contributed by atoms with E-state index in [-0.39, 0.29) is 61.8 Å². The number of amides is 2. The van der Waals surface area contributed by atoms with Crippen LogP contribution in [0, 0.1) is 10.1 Å². The van der Waals surface area contributed by atoms with E-state index < -0.39 is 37.0 Å². The second-order valence-electron chi connectivity index (χ2n) is 13.5. The zero-order valence-electron chi connectivity index (χ0n) is 33.3. The maximum absolute atomic E-state index is 12.5. The predicted molar refractivity (Wildman–Crippen MR) is 203 cm³/mol. The Hall–Kier alpha value is -4.96. The molecule has 1 heterocycles. The fraction of sp³-hybridized carbons (Fsp3) is 0.436. The standard InChI is InChI=1S/C38H47N3O11Si.CH4/c1-38(2,3)53(31-11-6-4-7-12-31,32-13-8-5-9-14-32)51-26-23-39(21-10-24-49-30-15-16-33(41(47)48)29(27-30)28-42)22-25-50-36(45)19-20-37(46)52-40-34(43)17-18-35(40)44;/h4-9,11-16,27,42H,10,17-26,28H2,1-3H3;1H4/i42D;1T. The second-order valence-corrected chi connectivity index (χ2v) is 17.8. The molecule has 1 N–H and O–H groups in total. The minimum Gasteiger partial charge on any atom is -0.494 e. The van der Waals surface area contributed by atoms with Crippen LogP contribution in [0.5, 0.6) is 5.75 Å². The van der Waals surface area contributed by atoms with Crippen molar-refractivity contribution in [1.82, 2.24) is 9.96 Å². The van der Waals surface area contributed by atoms with Crippen LogP contribution in [-0.4, -0.2) is 93.0 Å². The largest absolute Gasteiger partial charge is 0.494 e. The van der Waals surface area contributed by atoms with Gasteiger partial charge in [0.2, 0.25) is 1.43 Å². The van der Waals surface area contributed by atoms with Crippen molar-refractivity contribution in [3.05, 3.63) is 94.5 Å². The van der Waals surface area contributed by atoms with Gasteiger partial charge < -0.3 is 23.8 Å². The first-order chi connectivity index (χ1) is 26.9. The van der Waals surface area contributed by atoms with Crippen molar-refractivity contribution >= 4 is 48.1 Å². The van der Waals surface area contributed by atoms with Gasteiger partial charge in [-0.1, -0.05) is 88.8 Å². The van der Waals surface area contributed by atoms with Gasteiger partial charge in [0.05, 0.1) is 36.5 Å². The number of rotatable bonds is 21. The van der Waals surface area contributed by atoms with Crippen molar-refractivity contribution in [2.24, 2.45) is 0 Å². The van der Waals surface area contributed by atoms with E-state index >= 15 is 0 Å². The molecular formula is C39H51N3O11Si. The van der Waals surface area contributed by atoms with Gasteiger partial charge in [-0.2, -0.15) is 0 Å². The van der Waals surface area contributed by atoms with Crippen LogP contribution in [0.1, 0.15) is 67.2 Å². The normalized spacial score (nSPS) is 13.5. The third-order valence-corrected chi connectivity index (χ3v) is 13.9. The summed E-state index contributed by atoms with van der Waals surface area (Å²) in [5, 5.41) is 18.2. The van der Waals surface area contributed by atoms with E-state index in [0.717, 1.165) is 10.4 Å². The Labute approximate surface area is 320 Å². The van der Waals surface area contributed by atoms with E-state index in [9.17, 15) is 29.3 Å². The molecule has 0 unspecified atom stereocenters. The number of hydrogen-bond acceptors (Lipinski definition) is 12. The monoisotopic (exact) mass is 768 g/mol. The lowest BCUT2D eigenvalue weighted by molar-refractivity contribution is -0.385. The van der Waals surface area contributed by atoms with Crippen LogP contribution in [-0.2, 0) is 39.8 Å². The third kappa shape index (κ3) is 11.5. The van der Waals surface area contributed by atoms with Gasteiger partial charge in [-0.05, 0) is 34.0 Å². The van der Waals surface area contributed by atoms with Crippen LogP contribution < -0.4 is 15.1 Å². The van der Waals surface area contributed by atoms with Crippen LogP contribution >= 0.6 is 0 Å². The molecular weight excluding hydrogens is 715 g/mol. The number of esters is 1. The minimum atomic E-state index is -2.81.